The summed E-state index contributed by atoms with van der Waals surface area (Å²) in [5.41, 5.74) is 5.48. The fourth-order valence-electron chi connectivity index (χ4n) is 4.64. The number of carbonyl (C=O) groups is 1. The van der Waals surface area contributed by atoms with Crippen molar-refractivity contribution in [3.05, 3.63) is 120 Å². The SMILES string of the molecule is C=C1/C=C\C=C/C/C=C\C(C(=O)Nc2ccc(-c3nc4ccc(-c5nc6ccc(C)c(S(=O)(=O)O)c6s5)cc4s3)cc2)=C/1. The lowest BCUT2D eigenvalue weighted by molar-refractivity contribution is -0.112. The Morgan fingerprint density at radius 1 is 0.907 bits per heavy atom. The molecule has 6 rings (SSSR count). The van der Waals surface area contributed by atoms with Crippen LogP contribution in [0.4, 0.5) is 5.69 Å². The molecule has 0 aliphatic heterocycles. The van der Waals surface area contributed by atoms with Crippen LogP contribution in [-0.4, -0.2) is 28.8 Å². The number of allylic oxidation sites excluding steroid dienone is 7. The number of thiazole rings is 2. The summed E-state index contributed by atoms with van der Waals surface area (Å²) in [5, 5.41) is 4.44. The maximum Gasteiger partial charge on any atom is 0.296 e. The highest BCUT2D eigenvalue weighted by atomic mass is 32.2. The number of nitrogens with one attached hydrogen (secondary N) is 1. The summed E-state index contributed by atoms with van der Waals surface area (Å²) in [7, 11) is -4.39. The molecule has 1 aliphatic rings. The van der Waals surface area contributed by atoms with Gasteiger partial charge in [0.1, 0.15) is 14.9 Å². The van der Waals surface area contributed by atoms with Gasteiger partial charge in [-0.1, -0.05) is 49.1 Å². The van der Waals surface area contributed by atoms with Gasteiger partial charge in [0.15, 0.2) is 0 Å². The molecule has 5 aromatic rings. The summed E-state index contributed by atoms with van der Waals surface area (Å²) in [6.07, 6.45) is 13.9. The van der Waals surface area contributed by atoms with Gasteiger partial charge in [-0.3, -0.25) is 9.35 Å². The van der Waals surface area contributed by atoms with Crippen LogP contribution >= 0.6 is 22.7 Å². The van der Waals surface area contributed by atoms with Gasteiger partial charge in [0, 0.05) is 22.4 Å². The average Bonchev–Trinajstić information content (AvgIpc) is 3.60. The molecule has 2 N–H and O–H groups in total. The second kappa shape index (κ2) is 11.7. The van der Waals surface area contributed by atoms with Crippen molar-refractivity contribution < 1.29 is 17.8 Å². The van der Waals surface area contributed by atoms with E-state index >= 15 is 0 Å². The van der Waals surface area contributed by atoms with Crippen LogP contribution in [0.3, 0.4) is 0 Å². The Kier molecular flexibility index (Phi) is 7.76. The Balaban J connectivity index is 1.24. The van der Waals surface area contributed by atoms with Gasteiger partial charge >= 0.3 is 0 Å². The van der Waals surface area contributed by atoms with E-state index in [4.69, 9.17) is 4.98 Å². The van der Waals surface area contributed by atoms with E-state index < -0.39 is 10.1 Å². The van der Waals surface area contributed by atoms with Crippen molar-refractivity contribution in [3.63, 3.8) is 0 Å². The molecule has 0 unspecified atom stereocenters. The minimum atomic E-state index is -4.39. The van der Waals surface area contributed by atoms with Crippen molar-refractivity contribution in [1.29, 1.82) is 0 Å². The molecule has 43 heavy (non-hydrogen) atoms. The van der Waals surface area contributed by atoms with Crippen LogP contribution in [0.1, 0.15) is 12.0 Å². The summed E-state index contributed by atoms with van der Waals surface area (Å²) in [6, 6.07) is 16.8. The fraction of sp³-hybridized carbons (Fsp3) is 0.0606. The van der Waals surface area contributed by atoms with Crippen molar-refractivity contribution in [2.75, 3.05) is 5.32 Å². The third-order valence-electron chi connectivity index (χ3n) is 6.72. The maximum absolute atomic E-state index is 13.0. The first-order chi connectivity index (χ1) is 20.7. The topological polar surface area (TPSA) is 109 Å². The molecule has 0 fully saturated rings. The number of amides is 1. The van der Waals surface area contributed by atoms with E-state index in [9.17, 15) is 17.8 Å². The second-order valence-corrected chi connectivity index (χ2v) is 13.3. The number of aryl methyl sites for hydroxylation is 1. The van der Waals surface area contributed by atoms with Crippen LogP contribution in [0.15, 0.2) is 120 Å². The van der Waals surface area contributed by atoms with Crippen LogP contribution in [0.25, 0.3) is 41.6 Å². The average molecular weight is 624 g/mol. The molecule has 0 saturated carbocycles. The van der Waals surface area contributed by atoms with Crippen molar-refractivity contribution in [2.24, 2.45) is 0 Å². The van der Waals surface area contributed by atoms with Crippen LogP contribution in [0.5, 0.6) is 0 Å². The van der Waals surface area contributed by atoms with Crippen molar-refractivity contribution in [3.8, 4) is 21.1 Å². The van der Waals surface area contributed by atoms with E-state index in [-0.39, 0.29) is 10.8 Å². The Bertz CT molecular complexity index is 2150. The Morgan fingerprint density at radius 2 is 1.63 bits per heavy atom. The van der Waals surface area contributed by atoms with Crippen molar-refractivity contribution in [1.82, 2.24) is 9.97 Å². The molecule has 0 bridgehead atoms. The third-order valence-corrected chi connectivity index (χ3v) is 10.1. The van der Waals surface area contributed by atoms with Crippen molar-refractivity contribution in [2.45, 2.75) is 18.2 Å². The van der Waals surface area contributed by atoms with E-state index in [1.165, 1.54) is 22.7 Å². The first-order valence-electron chi connectivity index (χ1n) is 13.3. The lowest BCUT2D eigenvalue weighted by atomic mass is 10.1. The summed E-state index contributed by atoms with van der Waals surface area (Å²) >= 11 is 2.76. The number of hydrogen-bond acceptors (Lipinski definition) is 7. The molecule has 10 heteroatoms. The Morgan fingerprint density at radius 3 is 2.42 bits per heavy atom. The predicted molar refractivity (Wildman–Crippen MR) is 176 cm³/mol. The minimum absolute atomic E-state index is 0.0988. The van der Waals surface area contributed by atoms with E-state index in [1.54, 1.807) is 31.2 Å². The number of aromatic nitrogens is 2. The monoisotopic (exact) mass is 623 g/mol. The Hall–Kier alpha value is -4.48. The van der Waals surface area contributed by atoms with Crippen LogP contribution in [-0.2, 0) is 14.9 Å². The molecule has 2 heterocycles. The number of rotatable bonds is 5. The standard InChI is InChI=1S/C33H25N3O4S3/c1-20-8-6-4-3-5-7-9-23(18-20)31(37)34-25-14-11-22(12-15-25)32-35-26-17-13-24(19-28(26)41-32)33-36-27-16-10-21(2)30(29(27)42-33)43(38,39)40/h3-4,6-19H,1,5H2,2H3,(H,34,37)(H,38,39,40)/b4-3-,8-6-,9-7-,23-18+. The molecule has 0 spiro atoms. The number of anilines is 1. The van der Waals surface area contributed by atoms with Crippen LogP contribution in [0.2, 0.25) is 0 Å². The molecular weight excluding hydrogens is 599 g/mol. The Labute approximate surface area is 256 Å². The smallest absolute Gasteiger partial charge is 0.296 e. The van der Waals surface area contributed by atoms with Crippen LogP contribution < -0.4 is 5.32 Å². The molecule has 0 radical (unpaired) electrons. The summed E-state index contributed by atoms with van der Waals surface area (Å²) < 4.78 is 35.2. The molecule has 0 saturated heterocycles. The van der Waals surface area contributed by atoms with E-state index in [0.29, 0.717) is 32.0 Å². The number of hydrogen-bond donors (Lipinski definition) is 2. The van der Waals surface area contributed by atoms with Crippen LogP contribution in [0, 0.1) is 6.92 Å². The van der Waals surface area contributed by atoms with Crippen molar-refractivity contribution >= 4 is 64.8 Å². The van der Waals surface area contributed by atoms with Gasteiger partial charge in [-0.2, -0.15) is 8.42 Å². The number of carbonyl (C=O) groups excluding carboxylic acids is 1. The third kappa shape index (κ3) is 6.18. The first kappa shape index (κ1) is 28.6. The zero-order chi connectivity index (χ0) is 30.1. The van der Waals surface area contributed by atoms with E-state index in [0.717, 1.165) is 38.3 Å². The van der Waals surface area contributed by atoms with Gasteiger partial charge in [0.25, 0.3) is 16.0 Å². The molecular formula is C33H25N3O4S3. The quantitative estimate of drug-likeness (QED) is 0.191. The van der Waals surface area contributed by atoms with Gasteiger partial charge < -0.3 is 5.32 Å². The molecule has 1 aliphatic carbocycles. The lowest BCUT2D eigenvalue weighted by Gasteiger charge is -2.07. The van der Waals surface area contributed by atoms with Gasteiger partial charge in [0.05, 0.1) is 20.4 Å². The molecule has 7 nitrogen and oxygen atoms in total. The summed E-state index contributed by atoms with van der Waals surface area (Å²) in [5.74, 6) is -0.218. The predicted octanol–water partition coefficient (Wildman–Crippen LogP) is 8.29. The number of benzene rings is 3. The van der Waals surface area contributed by atoms with Gasteiger partial charge in [-0.25, -0.2) is 9.97 Å². The summed E-state index contributed by atoms with van der Waals surface area (Å²) in [4.78, 5) is 22.3. The first-order valence-corrected chi connectivity index (χ1v) is 16.3. The highest BCUT2D eigenvalue weighted by molar-refractivity contribution is 7.86. The zero-order valence-corrected chi connectivity index (χ0v) is 25.4. The highest BCUT2D eigenvalue weighted by Gasteiger charge is 2.21. The van der Waals surface area contributed by atoms with E-state index in [2.05, 4.69) is 16.9 Å². The largest absolute Gasteiger partial charge is 0.322 e. The van der Waals surface area contributed by atoms with Gasteiger partial charge in [-0.05, 0) is 79.1 Å². The molecule has 1 amide bonds. The number of nitrogens with zero attached hydrogens (tertiary/aromatic N) is 2. The van der Waals surface area contributed by atoms with E-state index in [1.807, 2.05) is 72.8 Å². The fourth-order valence-corrected chi connectivity index (χ4v) is 7.96. The van der Waals surface area contributed by atoms with Gasteiger partial charge in [-0.15, -0.1) is 22.7 Å². The molecule has 3 aromatic carbocycles. The lowest BCUT2D eigenvalue weighted by Crippen LogP contribution is -2.13. The zero-order valence-electron chi connectivity index (χ0n) is 22.9. The molecule has 214 valence electrons. The normalized spacial score (nSPS) is 17.3. The minimum Gasteiger partial charge on any atom is -0.322 e. The number of fused-ring (bicyclic) bond motifs is 2. The second-order valence-electron chi connectivity index (χ2n) is 9.89. The maximum atomic E-state index is 13.0. The van der Waals surface area contributed by atoms with Gasteiger partial charge in [0.2, 0.25) is 0 Å². The molecule has 2 aromatic heterocycles. The highest BCUT2D eigenvalue weighted by Crippen LogP contribution is 2.38. The summed E-state index contributed by atoms with van der Waals surface area (Å²) in [6.45, 7) is 5.64. The molecule has 0 atom stereocenters.